The van der Waals surface area contributed by atoms with Gasteiger partial charge in [-0.05, 0) is 18.2 Å². The third kappa shape index (κ3) is 8.50. The van der Waals surface area contributed by atoms with Crippen molar-refractivity contribution in [2.75, 3.05) is 5.43 Å². The number of nitriles is 1. The molecule has 1 aromatic rings. The van der Waals surface area contributed by atoms with Crippen LogP contribution in [0, 0.1) is 17.1 Å². The Morgan fingerprint density at radius 2 is 1.69 bits per heavy atom. The number of rotatable bonds is 1. The summed E-state index contributed by atoms with van der Waals surface area (Å²) in [5.41, 5.74) is 2.81. The third-order valence-corrected chi connectivity index (χ3v) is 1.25. The zero-order valence-corrected chi connectivity index (χ0v) is 13.5. The summed E-state index contributed by atoms with van der Waals surface area (Å²) in [6.45, 7) is 0. The van der Waals surface area contributed by atoms with E-state index in [9.17, 15) is 4.39 Å². The Balaban J connectivity index is -0.0000000807. The van der Waals surface area contributed by atoms with Crippen molar-refractivity contribution in [1.82, 2.24) is 0 Å². The van der Waals surface area contributed by atoms with Gasteiger partial charge in [0, 0.05) is 5.69 Å². The van der Waals surface area contributed by atoms with Gasteiger partial charge in [0.2, 0.25) is 0 Å². The Bertz CT molecular complexity index is 321. The summed E-state index contributed by atoms with van der Waals surface area (Å²) in [6.07, 6.45) is 0. The Morgan fingerprint density at radius 3 is 2.06 bits per heavy atom. The molecule has 3 N–H and O–H groups in total. The van der Waals surface area contributed by atoms with Gasteiger partial charge in [0.05, 0.1) is 5.56 Å². The number of anilines is 1. The maximum absolute atomic E-state index is 12.6. The quantitative estimate of drug-likeness (QED) is 0.274. The van der Waals surface area contributed by atoms with E-state index >= 15 is 0 Å². The summed E-state index contributed by atoms with van der Waals surface area (Å²) >= 11 is 0. The largest absolute Gasteiger partial charge is 4.00 e. The molecule has 16 heavy (non-hydrogen) atoms. The van der Waals surface area contributed by atoms with Crippen molar-refractivity contribution in [2.45, 2.75) is 0 Å². The molecule has 0 heterocycles. The Morgan fingerprint density at radius 1 is 1.19 bits per heavy atom. The molecule has 3 nitrogen and oxygen atoms in total. The van der Waals surface area contributed by atoms with E-state index in [2.05, 4.69) is 5.43 Å². The molecule has 0 spiro atoms. The molecular formula is C7H6Cl4FN3Sn. The predicted molar refractivity (Wildman–Crippen MR) is 44.7 cm³/mol. The van der Waals surface area contributed by atoms with E-state index in [1.807, 2.05) is 0 Å². The van der Waals surface area contributed by atoms with Crippen LogP contribution in [-0.2, 0) is 0 Å². The van der Waals surface area contributed by atoms with E-state index in [0.717, 1.165) is 0 Å². The number of hydrogen-bond acceptors (Lipinski definition) is 3. The van der Waals surface area contributed by atoms with Crippen LogP contribution < -0.4 is 60.9 Å². The van der Waals surface area contributed by atoms with Gasteiger partial charge in [0.15, 0.2) is 0 Å². The fourth-order valence-corrected chi connectivity index (χ4v) is 0.701. The van der Waals surface area contributed by atoms with Crippen LogP contribution in [0.4, 0.5) is 10.1 Å². The van der Waals surface area contributed by atoms with E-state index in [1.165, 1.54) is 18.2 Å². The summed E-state index contributed by atoms with van der Waals surface area (Å²) in [7, 11) is 0. The van der Waals surface area contributed by atoms with Crippen molar-refractivity contribution < 1.29 is 54.0 Å². The number of hydrazine groups is 1. The summed E-state index contributed by atoms with van der Waals surface area (Å²) in [5, 5.41) is 8.38. The molecule has 0 aliphatic carbocycles. The maximum Gasteiger partial charge on any atom is 4.00 e. The van der Waals surface area contributed by atoms with E-state index < -0.39 is 5.82 Å². The number of benzene rings is 1. The molecule has 88 valence electrons. The van der Waals surface area contributed by atoms with Gasteiger partial charge >= 0.3 is 23.9 Å². The van der Waals surface area contributed by atoms with Crippen LogP contribution in [0.1, 0.15) is 5.56 Å². The van der Waals surface area contributed by atoms with E-state index in [0.29, 0.717) is 5.69 Å². The smallest absolute Gasteiger partial charge is 1.00 e. The molecule has 0 amide bonds. The summed E-state index contributed by atoms with van der Waals surface area (Å²) in [4.78, 5) is 0. The van der Waals surface area contributed by atoms with E-state index in [4.69, 9.17) is 11.1 Å². The van der Waals surface area contributed by atoms with Crippen LogP contribution in [0.25, 0.3) is 0 Å². The first-order valence-electron chi connectivity index (χ1n) is 2.94. The molecule has 0 aliphatic rings. The first-order valence-corrected chi connectivity index (χ1v) is 2.94. The number of nitrogens with one attached hydrogen (secondary N) is 1. The van der Waals surface area contributed by atoms with Gasteiger partial charge in [-0.15, -0.1) is 0 Å². The predicted octanol–water partition coefficient (Wildman–Crippen LogP) is -11.4. The van der Waals surface area contributed by atoms with Gasteiger partial charge in [0.25, 0.3) is 0 Å². The molecule has 0 bridgehead atoms. The van der Waals surface area contributed by atoms with Crippen LogP contribution in [0.5, 0.6) is 0 Å². The number of hydrogen-bond donors (Lipinski definition) is 2. The topological polar surface area (TPSA) is 61.8 Å². The van der Waals surface area contributed by atoms with Gasteiger partial charge in [-0.2, -0.15) is 5.26 Å². The first-order chi connectivity index (χ1) is 5.27. The third-order valence-electron chi connectivity index (χ3n) is 1.25. The van der Waals surface area contributed by atoms with Gasteiger partial charge in [-0.1, -0.05) is 0 Å². The second-order valence-electron chi connectivity index (χ2n) is 1.95. The summed E-state index contributed by atoms with van der Waals surface area (Å²) in [6, 6.07) is 5.68. The molecule has 0 aliphatic heterocycles. The molecule has 0 fully saturated rings. The number of halogens is 5. The average Bonchev–Trinajstić information content (AvgIpc) is 2.05. The SMILES string of the molecule is N#Cc1cc(NN)ccc1F.[Cl-].[Cl-].[Cl-].[Cl-].[Sn+4]. The zero-order chi connectivity index (χ0) is 8.27. The second kappa shape index (κ2) is 15.4. The van der Waals surface area contributed by atoms with Crippen molar-refractivity contribution in [2.24, 2.45) is 5.84 Å². The standard InChI is InChI=1S/C7H6FN3.4ClH.Sn/c8-7-2-1-6(11-10)3-5(7)4-9;;;;;/h1-3,11H,10H2;4*1H;/q;;;;;+4/p-4. The molecular weight excluding hydrogens is 406 g/mol. The number of nitrogens with two attached hydrogens (primary N) is 1. The van der Waals surface area contributed by atoms with Crippen LogP contribution in [0.2, 0.25) is 0 Å². The van der Waals surface area contributed by atoms with Gasteiger partial charge in [-0.25, -0.2) is 4.39 Å². The van der Waals surface area contributed by atoms with Crippen molar-refractivity contribution in [3.63, 3.8) is 0 Å². The monoisotopic (exact) mass is 411 g/mol. The fourth-order valence-electron chi connectivity index (χ4n) is 0.701. The van der Waals surface area contributed by atoms with E-state index in [-0.39, 0.29) is 79.1 Å². The fraction of sp³-hybridized carbons (Fsp3) is 0. The summed E-state index contributed by atoms with van der Waals surface area (Å²) in [5.74, 6) is 4.51. The number of nitrogens with zero attached hydrogens (tertiary/aromatic N) is 1. The molecule has 1 aromatic carbocycles. The second-order valence-corrected chi connectivity index (χ2v) is 1.95. The zero-order valence-electron chi connectivity index (χ0n) is 7.65. The van der Waals surface area contributed by atoms with Gasteiger partial charge in [0.1, 0.15) is 11.9 Å². The number of nitrogen functional groups attached to an aromatic ring is 1. The Hall–Kier alpha value is 0.359. The first kappa shape index (κ1) is 29.9. The van der Waals surface area contributed by atoms with Crippen molar-refractivity contribution >= 4 is 29.6 Å². The average molecular weight is 412 g/mol. The molecule has 0 saturated carbocycles. The minimum absolute atomic E-state index is 0. The van der Waals surface area contributed by atoms with Gasteiger partial charge < -0.3 is 55.1 Å². The normalized spacial score (nSPS) is 6.06. The molecule has 9 heteroatoms. The van der Waals surface area contributed by atoms with Crippen LogP contribution in [0.15, 0.2) is 18.2 Å². The van der Waals surface area contributed by atoms with Crippen LogP contribution in [0.3, 0.4) is 0 Å². The molecule has 1 rings (SSSR count). The molecule has 0 saturated heterocycles. The van der Waals surface area contributed by atoms with Gasteiger partial charge in [-0.3, -0.25) is 5.84 Å². The van der Waals surface area contributed by atoms with E-state index in [1.54, 1.807) is 6.07 Å². The van der Waals surface area contributed by atoms with Crippen molar-refractivity contribution in [3.05, 3.63) is 29.6 Å². The maximum atomic E-state index is 12.6. The summed E-state index contributed by atoms with van der Waals surface area (Å²) < 4.78 is 12.6. The molecule has 0 aromatic heterocycles. The minimum Gasteiger partial charge on any atom is -1.00 e. The van der Waals surface area contributed by atoms with Crippen LogP contribution >= 0.6 is 0 Å². The minimum atomic E-state index is -0.536. The molecule has 0 unspecified atom stereocenters. The van der Waals surface area contributed by atoms with Crippen molar-refractivity contribution in [3.8, 4) is 6.07 Å². The Kier molecular flexibility index (Phi) is 28.7. The van der Waals surface area contributed by atoms with Crippen LogP contribution in [-0.4, -0.2) is 23.9 Å². The molecule has 0 radical (unpaired) electrons. The van der Waals surface area contributed by atoms with Crippen molar-refractivity contribution in [1.29, 1.82) is 5.26 Å². The molecule has 0 atom stereocenters. The Labute approximate surface area is 135 Å².